The lowest BCUT2D eigenvalue weighted by Crippen LogP contribution is -2.55. The number of carbonyl (C=O) groups is 2. The maximum absolute atomic E-state index is 13.8. The van der Waals surface area contributed by atoms with Gasteiger partial charge in [0.1, 0.15) is 24.0 Å². The van der Waals surface area contributed by atoms with E-state index in [1.165, 1.54) is 24.1 Å². The van der Waals surface area contributed by atoms with Crippen LogP contribution in [-0.2, 0) is 26.2 Å². The molecule has 0 radical (unpaired) electrons. The lowest BCUT2D eigenvalue weighted by atomic mass is 10.1. The van der Waals surface area contributed by atoms with E-state index in [2.05, 4.69) is 5.32 Å². The number of hydrogen-bond acceptors (Lipinski definition) is 7. The van der Waals surface area contributed by atoms with Gasteiger partial charge in [-0.1, -0.05) is 36.8 Å². The molecule has 2 amide bonds. The molecule has 0 aliphatic rings. The van der Waals surface area contributed by atoms with Gasteiger partial charge in [-0.15, -0.1) is 0 Å². The highest BCUT2D eigenvalue weighted by atomic mass is 32.2. The van der Waals surface area contributed by atoms with Crippen molar-refractivity contribution in [2.45, 2.75) is 59.2 Å². The van der Waals surface area contributed by atoms with Crippen LogP contribution in [0, 0.1) is 17.0 Å². The summed E-state index contributed by atoms with van der Waals surface area (Å²) in [6.07, 6.45) is 1.17. The number of ether oxygens (including phenoxy) is 1. The van der Waals surface area contributed by atoms with E-state index in [1.54, 1.807) is 6.92 Å². The van der Waals surface area contributed by atoms with Crippen LogP contribution in [0.2, 0.25) is 0 Å². The average Bonchev–Trinajstić information content (AvgIpc) is 2.81. The summed E-state index contributed by atoms with van der Waals surface area (Å²) in [6, 6.07) is 10.0. The van der Waals surface area contributed by atoms with Crippen molar-refractivity contribution in [3.8, 4) is 5.75 Å². The normalized spacial score (nSPS) is 12.4. The van der Waals surface area contributed by atoms with Crippen LogP contribution in [0.3, 0.4) is 0 Å². The number of aryl methyl sites for hydroxylation is 1. The number of nitro benzene ring substituents is 1. The molecular formula is C26H36N4O7S. The quantitative estimate of drug-likeness (QED) is 0.335. The second-order valence-corrected chi connectivity index (χ2v) is 12.0. The monoisotopic (exact) mass is 548 g/mol. The fourth-order valence-electron chi connectivity index (χ4n) is 3.84. The van der Waals surface area contributed by atoms with Gasteiger partial charge in [0, 0.05) is 24.2 Å². The van der Waals surface area contributed by atoms with E-state index in [-0.39, 0.29) is 36.0 Å². The lowest BCUT2D eigenvalue weighted by Gasteiger charge is -2.34. The number of carbonyl (C=O) groups excluding carboxylic acids is 2. The van der Waals surface area contributed by atoms with Crippen molar-refractivity contribution in [1.82, 2.24) is 10.2 Å². The summed E-state index contributed by atoms with van der Waals surface area (Å²) in [5, 5.41) is 14.3. The number of nitro groups is 1. The summed E-state index contributed by atoms with van der Waals surface area (Å²) in [7, 11) is -2.81. The zero-order valence-corrected chi connectivity index (χ0v) is 23.7. The van der Waals surface area contributed by atoms with Gasteiger partial charge in [-0.2, -0.15) is 0 Å². The van der Waals surface area contributed by atoms with Crippen molar-refractivity contribution in [2.24, 2.45) is 0 Å². The first-order valence-corrected chi connectivity index (χ1v) is 13.9. The molecule has 2 aromatic carbocycles. The van der Waals surface area contributed by atoms with E-state index in [0.29, 0.717) is 0 Å². The Balaban J connectivity index is 2.57. The van der Waals surface area contributed by atoms with Gasteiger partial charge in [-0.3, -0.25) is 24.0 Å². The Morgan fingerprint density at radius 2 is 1.74 bits per heavy atom. The van der Waals surface area contributed by atoms with Crippen LogP contribution >= 0.6 is 0 Å². The number of non-ortho nitro benzene ring substituents is 1. The molecule has 38 heavy (non-hydrogen) atoms. The summed E-state index contributed by atoms with van der Waals surface area (Å²) in [6.45, 7) is 8.52. The van der Waals surface area contributed by atoms with E-state index in [9.17, 15) is 28.1 Å². The van der Waals surface area contributed by atoms with Gasteiger partial charge in [-0.05, 0) is 45.7 Å². The maximum atomic E-state index is 13.8. The van der Waals surface area contributed by atoms with Crippen LogP contribution in [0.4, 0.5) is 11.4 Å². The van der Waals surface area contributed by atoms with E-state index in [0.717, 1.165) is 27.8 Å². The second-order valence-electron chi connectivity index (χ2n) is 10.1. The van der Waals surface area contributed by atoms with Gasteiger partial charge in [0.2, 0.25) is 21.8 Å². The Morgan fingerprint density at radius 3 is 2.21 bits per heavy atom. The van der Waals surface area contributed by atoms with Crippen molar-refractivity contribution in [3.63, 3.8) is 0 Å². The van der Waals surface area contributed by atoms with Gasteiger partial charge < -0.3 is 15.0 Å². The molecule has 11 nitrogen and oxygen atoms in total. The molecule has 0 saturated heterocycles. The minimum Gasteiger partial charge on any atom is -0.495 e. The molecule has 0 aliphatic heterocycles. The number of rotatable bonds is 11. The average molecular weight is 549 g/mol. The van der Waals surface area contributed by atoms with Crippen molar-refractivity contribution in [1.29, 1.82) is 0 Å². The first-order valence-electron chi connectivity index (χ1n) is 12.0. The van der Waals surface area contributed by atoms with Crippen molar-refractivity contribution < 1.29 is 27.7 Å². The summed E-state index contributed by atoms with van der Waals surface area (Å²) >= 11 is 0. The number of amides is 2. The minimum absolute atomic E-state index is 0.0384. The zero-order valence-electron chi connectivity index (χ0n) is 22.8. The number of hydrogen-bond donors (Lipinski definition) is 1. The molecule has 0 saturated carbocycles. The first kappa shape index (κ1) is 30.6. The van der Waals surface area contributed by atoms with Crippen molar-refractivity contribution in [3.05, 3.63) is 63.7 Å². The Morgan fingerprint density at radius 1 is 1.13 bits per heavy atom. The molecule has 1 N–H and O–H groups in total. The molecule has 0 fully saturated rings. The predicted molar refractivity (Wildman–Crippen MR) is 146 cm³/mol. The molecule has 0 aliphatic carbocycles. The third-order valence-corrected chi connectivity index (χ3v) is 6.81. The van der Waals surface area contributed by atoms with Crippen LogP contribution < -0.4 is 14.4 Å². The van der Waals surface area contributed by atoms with Gasteiger partial charge in [-0.25, -0.2) is 8.42 Å². The molecule has 0 aromatic heterocycles. The fraction of sp³-hybridized carbons (Fsp3) is 0.462. The van der Waals surface area contributed by atoms with E-state index >= 15 is 0 Å². The SMILES string of the molecule is CC[C@@H](C(=O)NC(C)(C)C)N(Cc1ccc(C)cc1)C(=O)CN(c1cc([N+](=O)[O-])ccc1OC)S(C)(=O)=O. The summed E-state index contributed by atoms with van der Waals surface area (Å²) < 4.78 is 31.7. The molecule has 2 aromatic rings. The first-order chi connectivity index (χ1) is 17.6. The van der Waals surface area contributed by atoms with Crippen LogP contribution in [0.25, 0.3) is 0 Å². The highest BCUT2D eigenvalue weighted by Gasteiger charge is 2.34. The van der Waals surface area contributed by atoms with E-state index < -0.39 is 39.0 Å². The molecular weight excluding hydrogens is 512 g/mol. The fourth-order valence-corrected chi connectivity index (χ4v) is 4.69. The minimum atomic E-state index is -4.10. The number of nitrogens with one attached hydrogen (secondary N) is 1. The molecule has 0 bridgehead atoms. The Bertz CT molecular complexity index is 1270. The molecule has 2 rings (SSSR count). The Hall–Kier alpha value is -3.67. The summed E-state index contributed by atoms with van der Waals surface area (Å²) in [4.78, 5) is 39.1. The summed E-state index contributed by atoms with van der Waals surface area (Å²) in [5.41, 5.74) is 0.697. The summed E-state index contributed by atoms with van der Waals surface area (Å²) in [5.74, 6) is -0.990. The molecule has 0 unspecified atom stereocenters. The van der Waals surface area contributed by atoms with Gasteiger partial charge in [0.25, 0.3) is 5.69 Å². The topological polar surface area (TPSA) is 139 Å². The predicted octanol–water partition coefficient (Wildman–Crippen LogP) is 3.40. The highest BCUT2D eigenvalue weighted by molar-refractivity contribution is 7.92. The molecule has 0 heterocycles. The van der Waals surface area contributed by atoms with E-state index in [4.69, 9.17) is 4.74 Å². The van der Waals surface area contributed by atoms with Crippen LogP contribution in [0.15, 0.2) is 42.5 Å². The number of nitrogens with zero attached hydrogens (tertiary/aromatic N) is 3. The second kappa shape index (κ2) is 12.2. The number of methoxy groups -OCH3 is 1. The molecule has 1 atom stereocenters. The number of anilines is 1. The highest BCUT2D eigenvalue weighted by Crippen LogP contribution is 2.34. The van der Waals surface area contributed by atoms with Gasteiger partial charge in [0.15, 0.2) is 0 Å². The van der Waals surface area contributed by atoms with Gasteiger partial charge >= 0.3 is 0 Å². The van der Waals surface area contributed by atoms with Gasteiger partial charge in [0.05, 0.1) is 18.3 Å². The van der Waals surface area contributed by atoms with Crippen LogP contribution in [-0.4, -0.2) is 61.5 Å². The van der Waals surface area contributed by atoms with E-state index in [1.807, 2.05) is 52.0 Å². The Labute approximate surface area is 224 Å². The lowest BCUT2D eigenvalue weighted by molar-refractivity contribution is -0.384. The zero-order chi connectivity index (χ0) is 28.8. The van der Waals surface area contributed by atoms with Crippen molar-refractivity contribution >= 4 is 33.2 Å². The standard InChI is InChI=1S/C26H36N4O7S/c1-8-21(25(32)27-26(3,4)5)28(16-19-11-9-18(2)10-12-19)24(31)17-29(38(7,35)36)22-15-20(30(33)34)13-14-23(22)37-6/h9-15,21H,8,16-17H2,1-7H3,(H,27,32)/t21-/m0/s1. The number of sulfonamides is 1. The molecule has 208 valence electrons. The van der Waals surface area contributed by atoms with Crippen LogP contribution in [0.5, 0.6) is 5.75 Å². The third kappa shape index (κ3) is 8.17. The smallest absolute Gasteiger partial charge is 0.271 e. The number of benzene rings is 2. The molecule has 12 heteroatoms. The van der Waals surface area contributed by atoms with Crippen LogP contribution in [0.1, 0.15) is 45.2 Å². The largest absolute Gasteiger partial charge is 0.495 e. The third-order valence-electron chi connectivity index (χ3n) is 5.68. The maximum Gasteiger partial charge on any atom is 0.271 e. The van der Waals surface area contributed by atoms with Crippen molar-refractivity contribution in [2.75, 3.05) is 24.2 Å². The Kier molecular flexibility index (Phi) is 9.85. The molecule has 0 spiro atoms.